The van der Waals surface area contributed by atoms with E-state index in [2.05, 4.69) is 25.7 Å². The maximum Gasteiger partial charge on any atom is 0.269 e. The lowest BCUT2D eigenvalue weighted by atomic mass is 10.1. The van der Waals surface area contributed by atoms with Crippen LogP contribution in [0.25, 0.3) is 17.1 Å². The first kappa shape index (κ1) is 19.3. The van der Waals surface area contributed by atoms with Crippen molar-refractivity contribution in [1.29, 1.82) is 0 Å². The van der Waals surface area contributed by atoms with Gasteiger partial charge < -0.3 is 15.2 Å². The molecule has 3 aromatic heterocycles. The van der Waals surface area contributed by atoms with Gasteiger partial charge in [0.2, 0.25) is 0 Å². The number of amides is 1. The number of hydrogen-bond acceptors (Lipinski definition) is 5. The van der Waals surface area contributed by atoms with Gasteiger partial charge in [0.15, 0.2) is 0 Å². The zero-order chi connectivity index (χ0) is 20.9. The Balaban J connectivity index is 1.32. The van der Waals surface area contributed by atoms with Crippen molar-refractivity contribution in [2.24, 2.45) is 7.05 Å². The summed E-state index contributed by atoms with van der Waals surface area (Å²) < 4.78 is 16.5. The molecular formula is C21H20FN7O. The van der Waals surface area contributed by atoms with Gasteiger partial charge in [-0.25, -0.2) is 14.4 Å². The highest BCUT2D eigenvalue weighted by molar-refractivity contribution is 5.93. The van der Waals surface area contributed by atoms with E-state index in [-0.39, 0.29) is 11.7 Å². The number of halogens is 1. The molecule has 0 radical (unpaired) electrons. The highest BCUT2D eigenvalue weighted by Gasteiger charge is 2.14. The number of rotatable bonds is 7. The van der Waals surface area contributed by atoms with Gasteiger partial charge in [-0.3, -0.25) is 9.48 Å². The first-order chi connectivity index (χ1) is 14.6. The molecule has 0 aliphatic heterocycles. The van der Waals surface area contributed by atoms with Crippen LogP contribution in [0.3, 0.4) is 0 Å². The van der Waals surface area contributed by atoms with E-state index in [9.17, 15) is 9.18 Å². The molecule has 0 bridgehead atoms. The Bertz CT molecular complexity index is 1140. The molecule has 152 valence electrons. The van der Waals surface area contributed by atoms with Gasteiger partial charge in [0.25, 0.3) is 5.91 Å². The van der Waals surface area contributed by atoms with E-state index < -0.39 is 0 Å². The molecule has 1 aromatic carbocycles. The molecule has 8 nitrogen and oxygen atoms in total. The molecule has 2 N–H and O–H groups in total. The Kier molecular flexibility index (Phi) is 5.51. The van der Waals surface area contributed by atoms with Gasteiger partial charge in [-0.2, -0.15) is 5.10 Å². The molecule has 3 heterocycles. The van der Waals surface area contributed by atoms with Crippen LogP contribution < -0.4 is 10.6 Å². The van der Waals surface area contributed by atoms with E-state index >= 15 is 0 Å². The predicted octanol–water partition coefficient (Wildman–Crippen LogP) is 2.65. The van der Waals surface area contributed by atoms with Gasteiger partial charge >= 0.3 is 0 Å². The third-order valence-corrected chi connectivity index (χ3v) is 4.49. The zero-order valence-corrected chi connectivity index (χ0v) is 16.3. The smallest absolute Gasteiger partial charge is 0.269 e. The summed E-state index contributed by atoms with van der Waals surface area (Å²) in [4.78, 5) is 20.9. The molecule has 0 spiro atoms. The lowest BCUT2D eigenvalue weighted by molar-refractivity contribution is 0.0946. The van der Waals surface area contributed by atoms with Crippen LogP contribution in [0.5, 0.6) is 0 Å². The minimum atomic E-state index is -0.315. The summed E-state index contributed by atoms with van der Waals surface area (Å²) in [7, 11) is 1.70. The lowest BCUT2D eigenvalue weighted by Gasteiger charge is -2.08. The Labute approximate surface area is 172 Å². The van der Waals surface area contributed by atoms with Crippen molar-refractivity contribution in [3.8, 4) is 17.1 Å². The molecule has 0 saturated heterocycles. The zero-order valence-electron chi connectivity index (χ0n) is 16.3. The summed E-state index contributed by atoms with van der Waals surface area (Å²) in [6.07, 6.45) is 5.30. The van der Waals surface area contributed by atoms with Gasteiger partial charge in [0.1, 0.15) is 29.5 Å². The molecule has 0 aliphatic rings. The summed E-state index contributed by atoms with van der Waals surface area (Å²) in [5, 5.41) is 10.4. The molecular weight excluding hydrogens is 385 g/mol. The second-order valence-electron chi connectivity index (χ2n) is 6.58. The van der Waals surface area contributed by atoms with Crippen LogP contribution in [0.15, 0.2) is 67.3 Å². The molecule has 0 fully saturated rings. The Hall–Kier alpha value is -4.01. The van der Waals surface area contributed by atoms with Crippen molar-refractivity contribution in [2.75, 3.05) is 18.4 Å². The minimum absolute atomic E-state index is 0.240. The summed E-state index contributed by atoms with van der Waals surface area (Å²) in [6.45, 7) is 0.898. The first-order valence-corrected chi connectivity index (χ1v) is 9.37. The van der Waals surface area contributed by atoms with E-state index in [1.165, 1.54) is 23.1 Å². The third-order valence-electron chi connectivity index (χ3n) is 4.49. The lowest BCUT2D eigenvalue weighted by Crippen LogP contribution is -2.30. The largest absolute Gasteiger partial charge is 0.368 e. The SMILES string of the molecule is Cn1nc(-c2ccc(F)cc2)cc1C(=O)NCCNc1cc(-n2cccc2)ncn1. The van der Waals surface area contributed by atoms with E-state index in [0.29, 0.717) is 30.3 Å². The average Bonchev–Trinajstić information content (AvgIpc) is 3.42. The standard InChI is InChI=1S/C21H20FN7O/c1-28-18(12-17(27-28)15-4-6-16(22)7-5-15)21(30)24-9-8-23-19-13-20(26-14-25-19)29-10-2-3-11-29/h2-7,10-14H,8-9H2,1H3,(H,24,30)(H,23,25,26). The number of carbonyl (C=O) groups is 1. The molecule has 1 amide bonds. The quantitative estimate of drug-likeness (QED) is 0.462. The van der Waals surface area contributed by atoms with E-state index in [1.54, 1.807) is 25.2 Å². The van der Waals surface area contributed by atoms with Crippen molar-refractivity contribution in [2.45, 2.75) is 0 Å². The molecule has 0 aliphatic carbocycles. The highest BCUT2D eigenvalue weighted by Crippen LogP contribution is 2.19. The van der Waals surface area contributed by atoms with Crippen LogP contribution in [0.1, 0.15) is 10.5 Å². The first-order valence-electron chi connectivity index (χ1n) is 9.37. The summed E-state index contributed by atoms with van der Waals surface area (Å²) in [6, 6.07) is 13.4. The van der Waals surface area contributed by atoms with Gasteiger partial charge in [-0.1, -0.05) is 0 Å². The fraction of sp³-hybridized carbons (Fsp3) is 0.143. The normalized spacial score (nSPS) is 10.7. The van der Waals surface area contributed by atoms with Crippen molar-refractivity contribution in [3.63, 3.8) is 0 Å². The average molecular weight is 405 g/mol. The van der Waals surface area contributed by atoms with E-state index in [4.69, 9.17) is 0 Å². The van der Waals surface area contributed by atoms with E-state index in [1.807, 2.05) is 35.2 Å². The number of anilines is 1. The maximum atomic E-state index is 13.1. The monoisotopic (exact) mass is 405 g/mol. The second-order valence-corrected chi connectivity index (χ2v) is 6.58. The molecule has 9 heteroatoms. The topological polar surface area (TPSA) is 89.7 Å². The summed E-state index contributed by atoms with van der Waals surface area (Å²) >= 11 is 0. The molecule has 30 heavy (non-hydrogen) atoms. The van der Waals surface area contributed by atoms with Crippen LogP contribution in [0.2, 0.25) is 0 Å². The molecule has 4 rings (SSSR count). The van der Waals surface area contributed by atoms with Gasteiger partial charge in [0, 0.05) is 44.2 Å². The molecule has 0 atom stereocenters. The number of hydrogen-bond donors (Lipinski definition) is 2. The molecule has 0 unspecified atom stereocenters. The minimum Gasteiger partial charge on any atom is -0.368 e. The van der Waals surface area contributed by atoms with Crippen LogP contribution in [-0.4, -0.2) is 43.3 Å². The Morgan fingerprint density at radius 2 is 1.83 bits per heavy atom. The Morgan fingerprint density at radius 3 is 2.60 bits per heavy atom. The van der Waals surface area contributed by atoms with Crippen LogP contribution in [-0.2, 0) is 7.05 Å². The third kappa shape index (κ3) is 4.35. The number of nitrogens with one attached hydrogen (secondary N) is 2. The summed E-state index contributed by atoms with van der Waals surface area (Å²) in [5.74, 6) is 0.868. The second kappa shape index (κ2) is 8.56. The van der Waals surface area contributed by atoms with Crippen molar-refractivity contribution < 1.29 is 9.18 Å². The van der Waals surface area contributed by atoms with Crippen LogP contribution in [0.4, 0.5) is 10.2 Å². The summed E-state index contributed by atoms with van der Waals surface area (Å²) in [5.41, 5.74) is 1.78. The number of aryl methyl sites for hydroxylation is 1. The van der Waals surface area contributed by atoms with Crippen LogP contribution in [0, 0.1) is 5.82 Å². The molecule has 0 saturated carbocycles. The van der Waals surface area contributed by atoms with Crippen molar-refractivity contribution >= 4 is 11.7 Å². The fourth-order valence-electron chi connectivity index (χ4n) is 2.97. The highest BCUT2D eigenvalue weighted by atomic mass is 19.1. The number of aromatic nitrogens is 5. The predicted molar refractivity (Wildman–Crippen MR) is 111 cm³/mol. The van der Waals surface area contributed by atoms with Gasteiger partial charge in [-0.15, -0.1) is 0 Å². The van der Waals surface area contributed by atoms with Crippen LogP contribution >= 0.6 is 0 Å². The van der Waals surface area contributed by atoms with E-state index in [0.717, 1.165) is 11.4 Å². The van der Waals surface area contributed by atoms with Crippen molar-refractivity contribution in [3.05, 3.63) is 78.8 Å². The van der Waals surface area contributed by atoms with Crippen molar-refractivity contribution in [1.82, 2.24) is 29.6 Å². The van der Waals surface area contributed by atoms with Gasteiger partial charge in [0.05, 0.1) is 5.69 Å². The number of carbonyl (C=O) groups excluding carboxylic acids is 1. The van der Waals surface area contributed by atoms with Gasteiger partial charge in [-0.05, 0) is 42.5 Å². The fourth-order valence-corrected chi connectivity index (χ4v) is 2.97. The number of benzene rings is 1. The maximum absolute atomic E-state index is 13.1. The number of nitrogens with zero attached hydrogens (tertiary/aromatic N) is 5. The Morgan fingerprint density at radius 1 is 1.07 bits per heavy atom. The molecule has 4 aromatic rings.